The van der Waals surface area contributed by atoms with E-state index in [-0.39, 0.29) is 11.5 Å². The number of amides is 1. The van der Waals surface area contributed by atoms with Crippen molar-refractivity contribution >= 4 is 11.6 Å². The number of anilines is 1. The molecule has 0 saturated heterocycles. The van der Waals surface area contributed by atoms with Gasteiger partial charge < -0.3 is 5.32 Å². The number of rotatable bonds is 4. The van der Waals surface area contributed by atoms with Gasteiger partial charge in [-0.15, -0.1) is 0 Å². The number of hydrogen-bond donors (Lipinski definition) is 2. The number of aromatic amines is 1. The Morgan fingerprint density at radius 1 is 1.12 bits per heavy atom. The minimum Gasteiger partial charge on any atom is -0.322 e. The van der Waals surface area contributed by atoms with E-state index in [1.165, 1.54) is 6.07 Å². The van der Waals surface area contributed by atoms with Crippen molar-refractivity contribution in [2.75, 3.05) is 5.32 Å². The van der Waals surface area contributed by atoms with Crippen LogP contribution in [0.1, 0.15) is 34.9 Å². The van der Waals surface area contributed by atoms with Crippen molar-refractivity contribution in [1.82, 2.24) is 19.7 Å². The van der Waals surface area contributed by atoms with Gasteiger partial charge in [0.15, 0.2) is 0 Å². The summed E-state index contributed by atoms with van der Waals surface area (Å²) >= 11 is 0. The molecule has 4 rings (SSSR count). The van der Waals surface area contributed by atoms with Crippen molar-refractivity contribution in [3.63, 3.8) is 0 Å². The second-order valence-electron chi connectivity index (χ2n) is 5.77. The summed E-state index contributed by atoms with van der Waals surface area (Å²) in [6.07, 6.45) is 7.04. The van der Waals surface area contributed by atoms with Crippen molar-refractivity contribution in [1.29, 1.82) is 0 Å². The highest BCUT2D eigenvalue weighted by molar-refractivity contribution is 6.03. The number of carbonyl (C=O) groups excluding carboxylic acids is 1. The first-order chi connectivity index (χ1) is 11.7. The van der Waals surface area contributed by atoms with E-state index in [0.717, 1.165) is 24.4 Å². The third kappa shape index (κ3) is 2.96. The molecule has 120 valence electrons. The number of nitrogens with one attached hydrogen (secondary N) is 2. The summed E-state index contributed by atoms with van der Waals surface area (Å²) in [5.41, 5.74) is 1.72. The van der Waals surface area contributed by atoms with E-state index in [0.29, 0.717) is 17.2 Å². The summed E-state index contributed by atoms with van der Waals surface area (Å²) in [5, 5.41) is 5.46. The van der Waals surface area contributed by atoms with E-state index in [9.17, 15) is 9.59 Å². The van der Waals surface area contributed by atoms with Crippen LogP contribution in [-0.2, 0) is 0 Å². The Balaban J connectivity index is 1.46. The van der Waals surface area contributed by atoms with Crippen LogP contribution < -0.4 is 10.9 Å². The fourth-order valence-electron chi connectivity index (χ4n) is 2.40. The lowest BCUT2D eigenvalue weighted by Gasteiger charge is -2.07. The van der Waals surface area contributed by atoms with Crippen molar-refractivity contribution in [3.05, 3.63) is 70.7 Å². The maximum atomic E-state index is 12.2. The largest absolute Gasteiger partial charge is 0.322 e. The second-order valence-corrected chi connectivity index (χ2v) is 5.77. The Hall–Kier alpha value is -3.22. The molecule has 1 fully saturated rings. The molecule has 1 aliphatic rings. The molecular formula is C17H15N5O2. The van der Waals surface area contributed by atoms with Crippen LogP contribution in [0.2, 0.25) is 0 Å². The first-order valence-electron chi connectivity index (χ1n) is 7.70. The topological polar surface area (TPSA) is 92.7 Å². The molecule has 1 aliphatic carbocycles. The van der Waals surface area contributed by atoms with Gasteiger partial charge in [-0.1, -0.05) is 0 Å². The Bertz CT molecular complexity index is 921. The summed E-state index contributed by atoms with van der Waals surface area (Å²) in [5.74, 6) is 1.03. The lowest BCUT2D eigenvalue weighted by atomic mass is 10.2. The molecule has 2 N–H and O–H groups in total. The summed E-state index contributed by atoms with van der Waals surface area (Å²) in [7, 11) is 0. The fourth-order valence-corrected chi connectivity index (χ4v) is 2.40. The lowest BCUT2D eigenvalue weighted by molar-refractivity contribution is 0.102. The summed E-state index contributed by atoms with van der Waals surface area (Å²) < 4.78 is 1.61. The minimum atomic E-state index is -0.250. The second kappa shape index (κ2) is 5.77. The first-order valence-corrected chi connectivity index (χ1v) is 7.70. The Morgan fingerprint density at radius 2 is 1.83 bits per heavy atom. The van der Waals surface area contributed by atoms with E-state index in [1.54, 1.807) is 47.5 Å². The maximum Gasteiger partial charge on any atom is 0.264 e. The average Bonchev–Trinajstić information content (AvgIpc) is 3.37. The molecule has 1 aromatic carbocycles. The molecule has 0 aliphatic heterocycles. The molecule has 7 heteroatoms. The molecule has 0 spiro atoms. The first kappa shape index (κ1) is 14.4. The van der Waals surface area contributed by atoms with Crippen LogP contribution in [0.25, 0.3) is 5.69 Å². The third-order valence-corrected chi connectivity index (χ3v) is 3.89. The summed E-state index contributed by atoms with van der Waals surface area (Å²) in [6, 6.07) is 8.59. The monoisotopic (exact) mass is 321 g/mol. The number of aromatic nitrogens is 4. The Morgan fingerprint density at radius 3 is 2.42 bits per heavy atom. The number of benzene rings is 1. The van der Waals surface area contributed by atoms with Gasteiger partial charge in [-0.3, -0.25) is 19.4 Å². The van der Waals surface area contributed by atoms with Gasteiger partial charge in [-0.25, -0.2) is 9.97 Å². The molecule has 0 atom stereocenters. The SMILES string of the molecule is O=C(Nc1ccc(-n2ccc(=O)[nH]2)cc1)c1cnc(C2CC2)nc1. The summed E-state index contributed by atoms with van der Waals surface area (Å²) in [6.45, 7) is 0. The van der Waals surface area contributed by atoms with E-state index >= 15 is 0 Å². The van der Waals surface area contributed by atoms with E-state index in [1.807, 2.05) is 0 Å². The van der Waals surface area contributed by atoms with Crippen LogP contribution in [0.3, 0.4) is 0 Å². The number of H-pyrrole nitrogens is 1. The van der Waals surface area contributed by atoms with Crippen LogP contribution in [0, 0.1) is 0 Å². The Labute approximate surface area is 137 Å². The van der Waals surface area contributed by atoms with Crippen LogP contribution in [0.5, 0.6) is 0 Å². The standard InChI is InChI=1S/C17H15N5O2/c23-15-7-8-22(21-15)14-5-3-13(4-6-14)20-17(24)12-9-18-16(19-10-12)11-1-2-11/h3-11H,1-2H2,(H,20,24)(H,21,23). The maximum absolute atomic E-state index is 12.2. The number of nitrogens with zero attached hydrogens (tertiary/aromatic N) is 3. The number of hydrogen-bond acceptors (Lipinski definition) is 4. The fraction of sp³-hybridized carbons (Fsp3) is 0.176. The third-order valence-electron chi connectivity index (χ3n) is 3.89. The lowest BCUT2D eigenvalue weighted by Crippen LogP contribution is -2.13. The van der Waals surface area contributed by atoms with E-state index in [4.69, 9.17) is 0 Å². The zero-order chi connectivity index (χ0) is 16.5. The minimum absolute atomic E-state index is 0.165. The molecule has 0 unspecified atom stereocenters. The van der Waals surface area contributed by atoms with Crippen molar-refractivity contribution in [2.45, 2.75) is 18.8 Å². The van der Waals surface area contributed by atoms with Crippen LogP contribution in [-0.4, -0.2) is 25.7 Å². The van der Waals surface area contributed by atoms with Gasteiger partial charge >= 0.3 is 0 Å². The van der Waals surface area contributed by atoms with E-state index < -0.39 is 0 Å². The molecule has 3 aromatic rings. The highest BCUT2D eigenvalue weighted by Gasteiger charge is 2.26. The average molecular weight is 321 g/mol. The molecule has 7 nitrogen and oxygen atoms in total. The normalized spacial score (nSPS) is 13.7. The molecule has 0 radical (unpaired) electrons. The van der Waals surface area contributed by atoms with Gasteiger partial charge in [0, 0.05) is 36.3 Å². The van der Waals surface area contributed by atoms with Gasteiger partial charge in [-0.2, -0.15) is 0 Å². The van der Waals surface area contributed by atoms with Gasteiger partial charge in [0.05, 0.1) is 11.3 Å². The Kier molecular flexibility index (Phi) is 3.45. The van der Waals surface area contributed by atoms with Crippen molar-refractivity contribution in [3.8, 4) is 5.69 Å². The molecule has 2 heterocycles. The van der Waals surface area contributed by atoms with Crippen LogP contribution in [0.15, 0.2) is 53.7 Å². The predicted octanol–water partition coefficient (Wildman–Crippen LogP) is 2.09. The smallest absolute Gasteiger partial charge is 0.264 e. The van der Waals surface area contributed by atoms with Gasteiger partial charge in [0.1, 0.15) is 5.82 Å². The number of carbonyl (C=O) groups is 1. The predicted molar refractivity (Wildman–Crippen MR) is 88.3 cm³/mol. The molecule has 1 amide bonds. The van der Waals surface area contributed by atoms with Gasteiger partial charge in [0.2, 0.25) is 0 Å². The van der Waals surface area contributed by atoms with E-state index in [2.05, 4.69) is 20.4 Å². The highest BCUT2D eigenvalue weighted by atomic mass is 16.1. The molecule has 24 heavy (non-hydrogen) atoms. The summed E-state index contributed by atoms with van der Waals surface area (Å²) in [4.78, 5) is 31.9. The van der Waals surface area contributed by atoms with Crippen molar-refractivity contribution < 1.29 is 4.79 Å². The van der Waals surface area contributed by atoms with Gasteiger partial charge in [-0.05, 0) is 37.1 Å². The van der Waals surface area contributed by atoms with Gasteiger partial charge in [0.25, 0.3) is 11.5 Å². The molecule has 0 bridgehead atoms. The molecular weight excluding hydrogens is 306 g/mol. The molecule has 2 aromatic heterocycles. The zero-order valence-corrected chi connectivity index (χ0v) is 12.8. The quantitative estimate of drug-likeness (QED) is 0.769. The van der Waals surface area contributed by atoms with Crippen LogP contribution in [0.4, 0.5) is 5.69 Å². The van der Waals surface area contributed by atoms with Crippen LogP contribution >= 0.6 is 0 Å². The molecule has 1 saturated carbocycles. The zero-order valence-electron chi connectivity index (χ0n) is 12.8. The van der Waals surface area contributed by atoms with Crippen molar-refractivity contribution in [2.24, 2.45) is 0 Å². The highest BCUT2D eigenvalue weighted by Crippen LogP contribution is 2.37.